The second kappa shape index (κ2) is 5.09. The van der Waals surface area contributed by atoms with Crippen molar-refractivity contribution in [2.24, 2.45) is 0 Å². The molecule has 6 heteroatoms. The minimum absolute atomic E-state index is 0.00106. The van der Waals surface area contributed by atoms with E-state index < -0.39 is 0 Å². The third kappa shape index (κ3) is 2.40. The third-order valence-electron chi connectivity index (χ3n) is 2.81. The molecule has 1 aliphatic rings. The van der Waals surface area contributed by atoms with Crippen molar-refractivity contribution >= 4 is 5.91 Å². The topological polar surface area (TPSA) is 72.5 Å². The fourth-order valence-electron chi connectivity index (χ4n) is 1.86. The smallest absolute Gasteiger partial charge is 0.271 e. The summed E-state index contributed by atoms with van der Waals surface area (Å²) in [5, 5.41) is 15.3. The molecule has 1 aromatic heterocycles. The zero-order chi connectivity index (χ0) is 11.4. The molecule has 0 radical (unpaired) electrons. The number of carbonyl (C=O) groups is 1. The second-order valence-corrected chi connectivity index (χ2v) is 3.83. The van der Waals surface area contributed by atoms with Gasteiger partial charge in [-0.1, -0.05) is 0 Å². The van der Waals surface area contributed by atoms with E-state index in [0.29, 0.717) is 25.3 Å². The lowest BCUT2D eigenvalue weighted by Gasteiger charge is -2.34. The van der Waals surface area contributed by atoms with Gasteiger partial charge in [-0.25, -0.2) is 0 Å². The summed E-state index contributed by atoms with van der Waals surface area (Å²) in [6.45, 7) is 3.91. The number of nitrogens with zero attached hydrogens (tertiary/aromatic N) is 3. The van der Waals surface area contributed by atoms with Crippen LogP contribution in [-0.4, -0.2) is 70.3 Å². The molecule has 1 aliphatic heterocycles. The first-order chi connectivity index (χ1) is 7.81. The first-order valence-corrected chi connectivity index (χ1v) is 5.43. The minimum Gasteiger partial charge on any atom is -0.395 e. The average Bonchev–Trinajstić information content (AvgIpc) is 2.83. The lowest BCUT2D eigenvalue weighted by molar-refractivity contribution is 0.0609. The number of hydrogen-bond donors (Lipinski definition) is 2. The average molecular weight is 224 g/mol. The quantitative estimate of drug-likeness (QED) is 0.702. The molecule has 0 atom stereocenters. The van der Waals surface area contributed by atoms with E-state index >= 15 is 0 Å². The molecule has 1 fully saturated rings. The number of rotatable bonds is 3. The van der Waals surface area contributed by atoms with Crippen LogP contribution >= 0.6 is 0 Å². The molecule has 0 unspecified atom stereocenters. The molecular formula is C10H16N4O2. The van der Waals surface area contributed by atoms with Gasteiger partial charge in [0.15, 0.2) is 0 Å². The summed E-state index contributed by atoms with van der Waals surface area (Å²) in [5.74, 6) is 0.00106. The summed E-state index contributed by atoms with van der Waals surface area (Å²) in [7, 11) is 0. The number of hydrogen-bond acceptors (Lipinski definition) is 4. The second-order valence-electron chi connectivity index (χ2n) is 3.83. The number of β-amino-alcohol motifs (C(OH)–C–C–N with tert-alkyl or cyclic N) is 1. The van der Waals surface area contributed by atoms with Gasteiger partial charge in [-0.3, -0.25) is 14.8 Å². The molecule has 16 heavy (non-hydrogen) atoms. The van der Waals surface area contributed by atoms with Gasteiger partial charge in [-0.2, -0.15) is 5.10 Å². The van der Waals surface area contributed by atoms with Crippen molar-refractivity contribution in [1.29, 1.82) is 0 Å². The molecule has 0 bridgehead atoms. The number of nitrogens with one attached hydrogen (secondary N) is 1. The van der Waals surface area contributed by atoms with Crippen molar-refractivity contribution in [3.8, 4) is 0 Å². The molecule has 88 valence electrons. The van der Waals surface area contributed by atoms with Gasteiger partial charge in [0.05, 0.1) is 6.61 Å². The van der Waals surface area contributed by atoms with E-state index in [0.717, 1.165) is 13.1 Å². The number of piperazine rings is 1. The fourth-order valence-corrected chi connectivity index (χ4v) is 1.86. The van der Waals surface area contributed by atoms with Crippen molar-refractivity contribution in [2.45, 2.75) is 0 Å². The van der Waals surface area contributed by atoms with E-state index in [4.69, 9.17) is 5.11 Å². The van der Waals surface area contributed by atoms with Gasteiger partial charge >= 0.3 is 0 Å². The maximum atomic E-state index is 11.9. The highest BCUT2D eigenvalue weighted by Gasteiger charge is 2.22. The van der Waals surface area contributed by atoms with Crippen LogP contribution in [0.2, 0.25) is 0 Å². The molecule has 1 amide bonds. The summed E-state index contributed by atoms with van der Waals surface area (Å²) in [5.41, 5.74) is 0.538. The number of aliphatic hydroxyl groups excluding tert-OH is 1. The maximum Gasteiger partial charge on any atom is 0.271 e. The highest BCUT2D eigenvalue weighted by Crippen LogP contribution is 2.06. The summed E-state index contributed by atoms with van der Waals surface area (Å²) >= 11 is 0. The van der Waals surface area contributed by atoms with E-state index in [1.165, 1.54) is 0 Å². The summed E-state index contributed by atoms with van der Waals surface area (Å²) in [6, 6.07) is 1.68. The zero-order valence-corrected chi connectivity index (χ0v) is 9.09. The Kier molecular flexibility index (Phi) is 3.53. The number of amides is 1. The Morgan fingerprint density at radius 3 is 2.75 bits per heavy atom. The summed E-state index contributed by atoms with van der Waals surface area (Å²) < 4.78 is 0. The van der Waals surface area contributed by atoms with Gasteiger partial charge < -0.3 is 10.0 Å². The molecule has 2 N–H and O–H groups in total. The van der Waals surface area contributed by atoms with E-state index in [-0.39, 0.29) is 12.5 Å². The zero-order valence-electron chi connectivity index (χ0n) is 9.09. The Hall–Kier alpha value is -1.40. The number of aromatic amines is 1. The number of carbonyl (C=O) groups excluding carboxylic acids is 1. The van der Waals surface area contributed by atoms with Crippen LogP contribution in [0.5, 0.6) is 0 Å². The van der Waals surface area contributed by atoms with Crippen molar-refractivity contribution < 1.29 is 9.90 Å². The predicted octanol–water partition coefficient (Wildman–Crippen LogP) is -0.840. The number of aliphatic hydroxyl groups is 1. The number of aromatic nitrogens is 2. The van der Waals surface area contributed by atoms with Crippen LogP contribution in [0.4, 0.5) is 0 Å². The third-order valence-corrected chi connectivity index (χ3v) is 2.81. The molecular weight excluding hydrogens is 208 g/mol. The summed E-state index contributed by atoms with van der Waals surface area (Å²) in [6.07, 6.45) is 1.58. The van der Waals surface area contributed by atoms with Crippen LogP contribution in [0.1, 0.15) is 10.5 Å². The first-order valence-electron chi connectivity index (χ1n) is 5.43. The first kappa shape index (κ1) is 11.1. The van der Waals surface area contributed by atoms with E-state index in [1.54, 1.807) is 17.2 Å². The van der Waals surface area contributed by atoms with Gasteiger partial charge in [0.25, 0.3) is 5.91 Å². The van der Waals surface area contributed by atoms with Crippen LogP contribution in [0, 0.1) is 0 Å². The molecule has 6 nitrogen and oxygen atoms in total. The molecule has 0 spiro atoms. The Labute approximate surface area is 93.9 Å². The van der Waals surface area contributed by atoms with E-state index in [2.05, 4.69) is 15.1 Å². The van der Waals surface area contributed by atoms with Gasteiger partial charge in [0, 0.05) is 38.9 Å². The molecule has 1 saturated heterocycles. The Bertz CT molecular complexity index is 331. The Morgan fingerprint density at radius 1 is 1.44 bits per heavy atom. The maximum absolute atomic E-state index is 11.9. The molecule has 2 heterocycles. The SMILES string of the molecule is O=C(c1ccn[nH]1)N1CCN(CCO)CC1. The highest BCUT2D eigenvalue weighted by molar-refractivity contribution is 5.92. The Morgan fingerprint density at radius 2 is 2.19 bits per heavy atom. The summed E-state index contributed by atoms with van der Waals surface area (Å²) in [4.78, 5) is 15.9. The van der Waals surface area contributed by atoms with Gasteiger partial charge in [0.2, 0.25) is 0 Å². The normalized spacial score (nSPS) is 17.7. The molecule has 0 aliphatic carbocycles. The number of H-pyrrole nitrogens is 1. The molecule has 0 aromatic carbocycles. The minimum atomic E-state index is 0.00106. The van der Waals surface area contributed by atoms with Crippen molar-refractivity contribution in [3.05, 3.63) is 18.0 Å². The van der Waals surface area contributed by atoms with E-state index in [1.807, 2.05) is 0 Å². The highest BCUT2D eigenvalue weighted by atomic mass is 16.3. The van der Waals surface area contributed by atoms with Crippen molar-refractivity contribution in [1.82, 2.24) is 20.0 Å². The molecule has 1 aromatic rings. The van der Waals surface area contributed by atoms with Gasteiger partial charge in [-0.15, -0.1) is 0 Å². The van der Waals surface area contributed by atoms with Crippen LogP contribution in [0.15, 0.2) is 12.3 Å². The Balaban J connectivity index is 1.87. The van der Waals surface area contributed by atoms with Crippen LogP contribution in [0.3, 0.4) is 0 Å². The largest absolute Gasteiger partial charge is 0.395 e. The standard InChI is InChI=1S/C10H16N4O2/c15-8-7-13-3-5-14(6-4-13)10(16)9-1-2-11-12-9/h1-2,15H,3-8H2,(H,11,12). The lowest BCUT2D eigenvalue weighted by Crippen LogP contribution is -2.49. The van der Waals surface area contributed by atoms with Crippen molar-refractivity contribution in [3.63, 3.8) is 0 Å². The molecule has 2 rings (SSSR count). The van der Waals surface area contributed by atoms with Gasteiger partial charge in [-0.05, 0) is 6.07 Å². The predicted molar refractivity (Wildman–Crippen MR) is 58.0 cm³/mol. The lowest BCUT2D eigenvalue weighted by atomic mass is 10.3. The van der Waals surface area contributed by atoms with Gasteiger partial charge in [0.1, 0.15) is 5.69 Å². The fraction of sp³-hybridized carbons (Fsp3) is 0.600. The van der Waals surface area contributed by atoms with E-state index in [9.17, 15) is 4.79 Å². The van der Waals surface area contributed by atoms with Crippen LogP contribution in [-0.2, 0) is 0 Å². The van der Waals surface area contributed by atoms with Crippen molar-refractivity contribution in [2.75, 3.05) is 39.3 Å². The molecule has 0 saturated carbocycles. The van der Waals surface area contributed by atoms with Crippen LogP contribution < -0.4 is 0 Å². The monoisotopic (exact) mass is 224 g/mol. The van der Waals surface area contributed by atoms with Crippen LogP contribution in [0.25, 0.3) is 0 Å².